The van der Waals surface area contributed by atoms with Crippen molar-refractivity contribution < 1.29 is 23.0 Å². The zero-order valence-electron chi connectivity index (χ0n) is 23.8. The van der Waals surface area contributed by atoms with Crippen LogP contribution < -0.4 is 9.47 Å². The Morgan fingerprint density at radius 2 is 1.61 bits per heavy atom. The number of benzene rings is 3. The number of H-pyrrole nitrogens is 1. The number of nitrogens with one attached hydrogen (secondary N) is 1. The number of ether oxygens (including phenoxy) is 2. The molecule has 2 N–H and O–H groups in total. The number of rotatable bonds is 7. The minimum absolute atomic E-state index is 0.0306. The van der Waals surface area contributed by atoms with Crippen molar-refractivity contribution in [1.29, 1.82) is 0 Å². The van der Waals surface area contributed by atoms with E-state index in [1.165, 1.54) is 5.56 Å². The van der Waals surface area contributed by atoms with Crippen molar-refractivity contribution in [2.45, 2.75) is 42.7 Å². The highest BCUT2D eigenvalue weighted by Gasteiger charge is 2.48. The Labute approximate surface area is 241 Å². The molecule has 4 aromatic rings. The summed E-state index contributed by atoms with van der Waals surface area (Å²) in [7, 11) is -0.279. The second kappa shape index (κ2) is 10.8. The summed E-state index contributed by atoms with van der Waals surface area (Å²) in [6.45, 7) is 4.15. The quantitative estimate of drug-likeness (QED) is 0.330. The van der Waals surface area contributed by atoms with Gasteiger partial charge < -0.3 is 19.6 Å². The fourth-order valence-electron chi connectivity index (χ4n) is 6.67. The monoisotopic (exact) mass is 575 g/mol. The van der Waals surface area contributed by atoms with Crippen LogP contribution in [0.4, 0.5) is 0 Å². The Morgan fingerprint density at radius 3 is 2.24 bits per heavy atom. The molecule has 3 heterocycles. The Morgan fingerprint density at radius 1 is 0.951 bits per heavy atom. The van der Waals surface area contributed by atoms with Gasteiger partial charge in [0, 0.05) is 54.3 Å². The second-order valence-electron chi connectivity index (χ2n) is 11.3. The van der Waals surface area contributed by atoms with E-state index in [2.05, 4.69) is 28.1 Å². The van der Waals surface area contributed by atoms with E-state index >= 15 is 0 Å². The molecule has 0 saturated carbocycles. The molecule has 0 amide bonds. The van der Waals surface area contributed by atoms with E-state index in [1.54, 1.807) is 30.7 Å². The smallest absolute Gasteiger partial charge is 0.243 e. The van der Waals surface area contributed by atoms with Crippen molar-refractivity contribution in [1.82, 2.24) is 14.2 Å². The average molecular weight is 576 g/mol. The zero-order valence-corrected chi connectivity index (χ0v) is 24.6. The average Bonchev–Trinajstić information content (AvgIpc) is 3.38. The molecule has 1 atom stereocenters. The first-order valence-corrected chi connectivity index (χ1v) is 15.5. The summed E-state index contributed by atoms with van der Waals surface area (Å²) >= 11 is 0. The SMILES string of the molecule is COc1ccc(CN2CC3(CCN(S(=O)(=O)c4ccc(C)cc4)CC3)c3c([nH]c4cc(OC)ccc34)[C@@H]2CO)cc1. The third-order valence-electron chi connectivity index (χ3n) is 8.90. The molecule has 1 aromatic heterocycles. The number of methoxy groups -OCH3 is 2. The first kappa shape index (κ1) is 27.8. The van der Waals surface area contributed by atoms with Gasteiger partial charge in [-0.3, -0.25) is 4.90 Å². The normalized spacial score (nSPS) is 19.4. The van der Waals surface area contributed by atoms with Gasteiger partial charge in [0.25, 0.3) is 0 Å². The van der Waals surface area contributed by atoms with Gasteiger partial charge in [0.15, 0.2) is 0 Å². The molecule has 0 unspecified atom stereocenters. The van der Waals surface area contributed by atoms with E-state index in [1.807, 2.05) is 43.3 Å². The number of aryl methyl sites for hydroxylation is 1. The lowest BCUT2D eigenvalue weighted by Crippen LogP contribution is -2.54. The second-order valence-corrected chi connectivity index (χ2v) is 13.2. The van der Waals surface area contributed by atoms with Crippen LogP contribution in [0, 0.1) is 6.92 Å². The molecule has 1 fully saturated rings. The van der Waals surface area contributed by atoms with E-state index in [0.29, 0.717) is 43.9 Å². The number of nitrogens with zero attached hydrogens (tertiary/aromatic N) is 2. The number of piperidine rings is 1. The highest BCUT2D eigenvalue weighted by atomic mass is 32.2. The number of hydrogen-bond acceptors (Lipinski definition) is 6. The summed E-state index contributed by atoms with van der Waals surface area (Å²) in [6.07, 6.45) is 1.36. The Kier molecular flexibility index (Phi) is 7.32. The number of aliphatic hydroxyl groups excluding tert-OH is 1. The van der Waals surface area contributed by atoms with Crippen LogP contribution in [-0.4, -0.2) is 68.2 Å². The topological polar surface area (TPSA) is 95.1 Å². The molecule has 9 heteroatoms. The number of aromatic nitrogens is 1. The summed E-state index contributed by atoms with van der Waals surface area (Å²) in [5.74, 6) is 1.57. The van der Waals surface area contributed by atoms with Crippen LogP contribution in [-0.2, 0) is 22.0 Å². The van der Waals surface area contributed by atoms with Crippen LogP contribution in [0.1, 0.15) is 41.3 Å². The third-order valence-corrected chi connectivity index (χ3v) is 10.8. The number of aliphatic hydroxyl groups is 1. The van der Waals surface area contributed by atoms with Gasteiger partial charge in [-0.1, -0.05) is 29.8 Å². The molecular formula is C32H37N3O5S. The van der Waals surface area contributed by atoms with E-state index < -0.39 is 10.0 Å². The van der Waals surface area contributed by atoms with E-state index in [9.17, 15) is 13.5 Å². The van der Waals surface area contributed by atoms with Crippen molar-refractivity contribution in [2.24, 2.45) is 0 Å². The standard InChI is InChI=1S/C32H37N3O5S/c1-22-4-11-26(12-5-22)41(37,38)35-16-14-32(15-17-35)21-34(19-23-6-8-24(39-2)9-7-23)29(20-36)31-30(32)27-13-10-25(40-3)18-28(27)33-31/h4-13,18,29,33,36H,14-17,19-21H2,1-3H3/t29-/m0/s1. The maximum absolute atomic E-state index is 13.6. The van der Waals surface area contributed by atoms with E-state index in [-0.39, 0.29) is 18.1 Å². The molecule has 1 saturated heterocycles. The molecule has 0 radical (unpaired) electrons. The lowest BCUT2D eigenvalue weighted by Gasteiger charge is -2.50. The van der Waals surface area contributed by atoms with Gasteiger partial charge in [0.2, 0.25) is 10.0 Å². The van der Waals surface area contributed by atoms with Crippen molar-refractivity contribution in [2.75, 3.05) is 40.5 Å². The molecule has 6 rings (SSSR count). The van der Waals surface area contributed by atoms with Gasteiger partial charge in [0.05, 0.1) is 31.8 Å². The first-order chi connectivity index (χ1) is 19.8. The van der Waals surface area contributed by atoms with Gasteiger partial charge in [-0.15, -0.1) is 0 Å². The zero-order chi connectivity index (χ0) is 28.8. The summed E-state index contributed by atoms with van der Waals surface area (Å²) in [6, 6.07) is 21.0. The molecule has 1 spiro atoms. The van der Waals surface area contributed by atoms with Gasteiger partial charge in [0.1, 0.15) is 11.5 Å². The van der Waals surface area contributed by atoms with Crippen LogP contribution in [0.15, 0.2) is 71.6 Å². The number of aromatic amines is 1. The highest BCUT2D eigenvalue weighted by molar-refractivity contribution is 7.89. The largest absolute Gasteiger partial charge is 0.497 e. The minimum Gasteiger partial charge on any atom is -0.497 e. The van der Waals surface area contributed by atoms with Gasteiger partial charge in [-0.2, -0.15) is 4.31 Å². The molecule has 3 aromatic carbocycles. The summed E-state index contributed by atoms with van der Waals surface area (Å²) in [4.78, 5) is 6.31. The van der Waals surface area contributed by atoms with Crippen molar-refractivity contribution in [3.63, 3.8) is 0 Å². The Bertz CT molecular complexity index is 1640. The molecule has 8 nitrogen and oxygen atoms in total. The van der Waals surface area contributed by atoms with Crippen LogP contribution in [0.2, 0.25) is 0 Å². The van der Waals surface area contributed by atoms with Gasteiger partial charge in [-0.25, -0.2) is 8.42 Å². The molecule has 216 valence electrons. The van der Waals surface area contributed by atoms with Gasteiger partial charge >= 0.3 is 0 Å². The van der Waals surface area contributed by atoms with E-state index in [0.717, 1.165) is 39.2 Å². The van der Waals surface area contributed by atoms with Gasteiger partial charge in [-0.05, 0) is 67.3 Å². The summed E-state index contributed by atoms with van der Waals surface area (Å²) in [5.41, 5.74) is 5.05. The number of fused-ring (bicyclic) bond motifs is 4. The first-order valence-electron chi connectivity index (χ1n) is 14.0. The molecule has 2 aliphatic heterocycles. The maximum Gasteiger partial charge on any atom is 0.243 e. The summed E-state index contributed by atoms with van der Waals surface area (Å²) in [5, 5.41) is 11.8. The molecular weight excluding hydrogens is 538 g/mol. The Balaban J connectivity index is 1.38. The predicted octanol–water partition coefficient (Wildman–Crippen LogP) is 4.77. The highest BCUT2D eigenvalue weighted by Crippen LogP contribution is 2.49. The van der Waals surface area contributed by atoms with Crippen LogP contribution in [0.5, 0.6) is 11.5 Å². The molecule has 2 aliphatic rings. The van der Waals surface area contributed by atoms with Crippen molar-refractivity contribution >= 4 is 20.9 Å². The number of hydrogen-bond donors (Lipinski definition) is 2. The predicted molar refractivity (Wildman–Crippen MR) is 159 cm³/mol. The molecule has 0 aliphatic carbocycles. The van der Waals surface area contributed by atoms with Crippen LogP contribution in [0.25, 0.3) is 10.9 Å². The maximum atomic E-state index is 13.6. The fraction of sp³-hybridized carbons (Fsp3) is 0.375. The van der Waals surface area contributed by atoms with E-state index in [4.69, 9.17) is 9.47 Å². The molecule has 0 bridgehead atoms. The Hall–Kier alpha value is -3.37. The lowest BCUT2D eigenvalue weighted by molar-refractivity contribution is 0.0535. The van der Waals surface area contributed by atoms with Crippen LogP contribution in [0.3, 0.4) is 0 Å². The van der Waals surface area contributed by atoms with Crippen molar-refractivity contribution in [3.8, 4) is 11.5 Å². The van der Waals surface area contributed by atoms with Crippen LogP contribution >= 0.6 is 0 Å². The fourth-order valence-corrected chi connectivity index (χ4v) is 8.11. The minimum atomic E-state index is -3.59. The molecule has 41 heavy (non-hydrogen) atoms. The van der Waals surface area contributed by atoms with Crippen molar-refractivity contribution in [3.05, 3.63) is 89.1 Å². The third kappa shape index (κ3) is 4.91. The summed E-state index contributed by atoms with van der Waals surface area (Å²) < 4.78 is 39.6. The lowest BCUT2D eigenvalue weighted by atomic mass is 9.68. The number of sulfonamides is 1.